The fourth-order valence-corrected chi connectivity index (χ4v) is 3.40. The largest absolute Gasteiger partial charge is 0.496 e. The Kier molecular flexibility index (Phi) is 5.34. The van der Waals surface area contributed by atoms with Gasteiger partial charge in [0.1, 0.15) is 5.75 Å². The number of nitrogen functional groups attached to an aromatic ring is 1. The van der Waals surface area contributed by atoms with Crippen molar-refractivity contribution in [3.8, 4) is 5.75 Å². The fraction of sp³-hybridized carbons (Fsp3) is 0.316. The van der Waals surface area contributed by atoms with Gasteiger partial charge in [-0.25, -0.2) is 0 Å². The van der Waals surface area contributed by atoms with Crippen molar-refractivity contribution >= 4 is 28.9 Å². The number of methoxy groups -OCH3 is 1. The standard InChI is InChI=1S/C19H22ClN3O2/c1-25-18-8-7-14(20)10-13(18)11-22-19(24)12-23-9-3-4-15-16(21)5-2-6-17(15)23/h2,5-8,10H,3-4,9,11-12,21H2,1H3,(H,22,24). The molecular weight excluding hydrogens is 338 g/mol. The van der Waals surface area contributed by atoms with Gasteiger partial charge in [0, 0.05) is 35.1 Å². The molecule has 1 aliphatic heterocycles. The van der Waals surface area contributed by atoms with E-state index in [-0.39, 0.29) is 5.91 Å². The maximum atomic E-state index is 12.4. The van der Waals surface area contributed by atoms with Gasteiger partial charge in [-0.3, -0.25) is 4.79 Å². The minimum atomic E-state index is -0.0442. The molecule has 0 saturated heterocycles. The van der Waals surface area contributed by atoms with Gasteiger partial charge in [0.15, 0.2) is 0 Å². The Morgan fingerprint density at radius 2 is 2.20 bits per heavy atom. The number of hydrogen-bond donors (Lipinski definition) is 2. The summed E-state index contributed by atoms with van der Waals surface area (Å²) in [6.07, 6.45) is 1.95. The van der Waals surface area contributed by atoms with Crippen LogP contribution in [0.2, 0.25) is 5.02 Å². The van der Waals surface area contributed by atoms with Crippen LogP contribution in [0.15, 0.2) is 36.4 Å². The third-order valence-corrected chi connectivity index (χ3v) is 4.67. The number of amides is 1. The molecule has 0 aromatic heterocycles. The highest BCUT2D eigenvalue weighted by atomic mass is 35.5. The molecule has 6 heteroatoms. The van der Waals surface area contributed by atoms with Crippen LogP contribution >= 0.6 is 11.6 Å². The number of nitrogens with one attached hydrogen (secondary N) is 1. The van der Waals surface area contributed by atoms with Gasteiger partial charge >= 0.3 is 0 Å². The van der Waals surface area contributed by atoms with Crippen LogP contribution in [0, 0.1) is 0 Å². The lowest BCUT2D eigenvalue weighted by Crippen LogP contribution is -2.39. The van der Waals surface area contributed by atoms with Gasteiger partial charge in [-0.2, -0.15) is 0 Å². The Morgan fingerprint density at radius 1 is 1.36 bits per heavy atom. The zero-order chi connectivity index (χ0) is 17.8. The Labute approximate surface area is 152 Å². The lowest BCUT2D eigenvalue weighted by atomic mass is 10.00. The summed E-state index contributed by atoms with van der Waals surface area (Å²) in [5.41, 5.74) is 9.91. The summed E-state index contributed by atoms with van der Waals surface area (Å²) in [6.45, 7) is 1.53. The highest BCUT2D eigenvalue weighted by Crippen LogP contribution is 2.31. The normalized spacial score (nSPS) is 13.3. The lowest BCUT2D eigenvalue weighted by Gasteiger charge is -2.31. The number of rotatable bonds is 5. The highest BCUT2D eigenvalue weighted by Gasteiger charge is 2.20. The van der Waals surface area contributed by atoms with Crippen LogP contribution in [-0.2, 0) is 17.8 Å². The van der Waals surface area contributed by atoms with Crippen molar-refractivity contribution in [2.24, 2.45) is 0 Å². The van der Waals surface area contributed by atoms with Gasteiger partial charge in [0.25, 0.3) is 0 Å². The molecule has 132 valence electrons. The average Bonchev–Trinajstić information content (AvgIpc) is 2.61. The average molecular weight is 360 g/mol. The van der Waals surface area contributed by atoms with Crippen molar-refractivity contribution in [1.29, 1.82) is 0 Å². The summed E-state index contributed by atoms with van der Waals surface area (Å²) in [5, 5.41) is 3.56. The van der Waals surface area contributed by atoms with Crippen molar-refractivity contribution in [2.75, 3.05) is 30.8 Å². The number of fused-ring (bicyclic) bond motifs is 1. The summed E-state index contributed by atoms with van der Waals surface area (Å²) >= 11 is 6.03. The van der Waals surface area contributed by atoms with E-state index in [1.54, 1.807) is 25.3 Å². The van der Waals surface area contributed by atoms with Crippen LogP contribution in [0.4, 0.5) is 11.4 Å². The van der Waals surface area contributed by atoms with Crippen LogP contribution in [0.5, 0.6) is 5.75 Å². The van der Waals surface area contributed by atoms with E-state index in [9.17, 15) is 4.79 Å². The second-order valence-corrected chi connectivity index (χ2v) is 6.54. The van der Waals surface area contributed by atoms with Crippen molar-refractivity contribution < 1.29 is 9.53 Å². The number of ether oxygens (including phenoxy) is 1. The fourth-order valence-electron chi connectivity index (χ4n) is 3.20. The molecule has 5 nitrogen and oxygen atoms in total. The Bertz CT molecular complexity index is 779. The number of anilines is 2. The predicted molar refractivity (Wildman–Crippen MR) is 101 cm³/mol. The molecule has 0 aliphatic carbocycles. The molecular formula is C19H22ClN3O2. The van der Waals surface area contributed by atoms with E-state index >= 15 is 0 Å². The molecule has 0 bridgehead atoms. The molecule has 0 spiro atoms. The molecule has 2 aromatic carbocycles. The summed E-state index contributed by atoms with van der Waals surface area (Å²) in [4.78, 5) is 14.5. The lowest BCUT2D eigenvalue weighted by molar-refractivity contribution is -0.119. The quantitative estimate of drug-likeness (QED) is 0.805. The molecule has 1 aliphatic rings. The van der Waals surface area contributed by atoms with Gasteiger partial charge in [-0.05, 0) is 48.7 Å². The van der Waals surface area contributed by atoms with Gasteiger partial charge < -0.3 is 20.7 Å². The molecule has 2 aromatic rings. The first-order valence-corrected chi connectivity index (χ1v) is 8.67. The molecule has 1 heterocycles. The summed E-state index contributed by atoms with van der Waals surface area (Å²) in [5.74, 6) is 0.665. The topological polar surface area (TPSA) is 67.6 Å². The van der Waals surface area contributed by atoms with Crippen molar-refractivity contribution in [2.45, 2.75) is 19.4 Å². The first-order chi connectivity index (χ1) is 12.1. The number of benzene rings is 2. The SMILES string of the molecule is COc1ccc(Cl)cc1CNC(=O)CN1CCCc2c(N)cccc21. The minimum Gasteiger partial charge on any atom is -0.496 e. The van der Waals surface area contributed by atoms with E-state index in [4.69, 9.17) is 22.1 Å². The molecule has 25 heavy (non-hydrogen) atoms. The van der Waals surface area contributed by atoms with Crippen LogP contribution in [0.3, 0.4) is 0 Å². The highest BCUT2D eigenvalue weighted by molar-refractivity contribution is 6.30. The number of nitrogens with two attached hydrogens (primary N) is 1. The Morgan fingerprint density at radius 3 is 3.00 bits per heavy atom. The molecule has 0 saturated carbocycles. The van der Waals surface area contributed by atoms with Crippen molar-refractivity contribution in [3.05, 3.63) is 52.5 Å². The molecule has 0 unspecified atom stereocenters. The third kappa shape index (κ3) is 3.99. The maximum Gasteiger partial charge on any atom is 0.239 e. The van der Waals surface area contributed by atoms with Gasteiger partial charge in [0.05, 0.1) is 13.7 Å². The smallest absolute Gasteiger partial charge is 0.239 e. The Balaban J connectivity index is 1.65. The first-order valence-electron chi connectivity index (χ1n) is 8.30. The number of carbonyl (C=O) groups excluding carboxylic acids is 1. The third-order valence-electron chi connectivity index (χ3n) is 4.44. The summed E-state index contributed by atoms with van der Waals surface area (Å²) < 4.78 is 5.31. The Hall–Kier alpha value is -2.40. The van der Waals surface area contributed by atoms with E-state index in [0.29, 0.717) is 23.9 Å². The van der Waals surface area contributed by atoms with E-state index in [1.165, 1.54) is 0 Å². The van der Waals surface area contributed by atoms with E-state index in [0.717, 1.165) is 41.9 Å². The number of halogens is 1. The summed E-state index contributed by atoms with van der Waals surface area (Å²) in [7, 11) is 1.60. The van der Waals surface area contributed by atoms with Gasteiger partial charge in [0.2, 0.25) is 5.91 Å². The van der Waals surface area contributed by atoms with Crippen LogP contribution < -0.4 is 20.7 Å². The predicted octanol–water partition coefficient (Wildman–Crippen LogP) is 3.00. The molecule has 0 radical (unpaired) electrons. The van der Waals surface area contributed by atoms with E-state index in [1.807, 2.05) is 18.2 Å². The van der Waals surface area contributed by atoms with E-state index < -0.39 is 0 Å². The molecule has 1 amide bonds. The van der Waals surface area contributed by atoms with Crippen LogP contribution in [-0.4, -0.2) is 26.1 Å². The van der Waals surface area contributed by atoms with Crippen LogP contribution in [0.1, 0.15) is 17.5 Å². The zero-order valence-electron chi connectivity index (χ0n) is 14.2. The van der Waals surface area contributed by atoms with E-state index in [2.05, 4.69) is 10.2 Å². The molecule has 3 rings (SSSR count). The monoisotopic (exact) mass is 359 g/mol. The number of nitrogens with zero attached hydrogens (tertiary/aromatic N) is 1. The van der Waals surface area contributed by atoms with Gasteiger partial charge in [-0.15, -0.1) is 0 Å². The number of hydrogen-bond acceptors (Lipinski definition) is 4. The second-order valence-electron chi connectivity index (χ2n) is 6.10. The van der Waals surface area contributed by atoms with Gasteiger partial charge in [-0.1, -0.05) is 17.7 Å². The van der Waals surface area contributed by atoms with Crippen molar-refractivity contribution in [3.63, 3.8) is 0 Å². The summed E-state index contributed by atoms with van der Waals surface area (Å²) in [6, 6.07) is 11.2. The molecule has 0 atom stereocenters. The second kappa shape index (κ2) is 7.66. The maximum absolute atomic E-state index is 12.4. The van der Waals surface area contributed by atoms with Crippen LogP contribution in [0.25, 0.3) is 0 Å². The molecule has 0 fully saturated rings. The number of carbonyl (C=O) groups is 1. The van der Waals surface area contributed by atoms with Crippen molar-refractivity contribution in [1.82, 2.24) is 5.32 Å². The minimum absolute atomic E-state index is 0.0442. The zero-order valence-corrected chi connectivity index (χ0v) is 15.0. The first kappa shape index (κ1) is 17.4. The molecule has 3 N–H and O–H groups in total.